The molecule has 50 heavy (non-hydrogen) atoms. The van der Waals surface area contributed by atoms with Crippen LogP contribution in [0.1, 0.15) is 0 Å². The van der Waals surface area contributed by atoms with E-state index in [9.17, 15) is 0 Å². The summed E-state index contributed by atoms with van der Waals surface area (Å²) < 4.78 is 6.15. The van der Waals surface area contributed by atoms with Crippen molar-refractivity contribution < 1.29 is 4.42 Å². The van der Waals surface area contributed by atoms with Gasteiger partial charge in [0.25, 0.3) is 0 Å². The summed E-state index contributed by atoms with van der Waals surface area (Å²) in [4.78, 5) is 7.21. The summed E-state index contributed by atoms with van der Waals surface area (Å²) in [5.74, 6) is 0.640. The molecular formula is C47H32N2O. The van der Waals surface area contributed by atoms with Gasteiger partial charge in [0.15, 0.2) is 5.58 Å². The third-order valence-electron chi connectivity index (χ3n) is 9.34. The molecule has 9 rings (SSSR count). The fourth-order valence-corrected chi connectivity index (χ4v) is 6.81. The van der Waals surface area contributed by atoms with E-state index in [4.69, 9.17) is 9.40 Å². The van der Waals surface area contributed by atoms with E-state index in [1.54, 1.807) is 0 Å². The minimum atomic E-state index is 0.640. The zero-order valence-electron chi connectivity index (χ0n) is 27.3. The fraction of sp³-hybridized carbons (Fsp3) is 0. The summed E-state index contributed by atoms with van der Waals surface area (Å²) in [7, 11) is 0. The minimum Gasteiger partial charge on any atom is -0.436 e. The van der Waals surface area contributed by atoms with Crippen LogP contribution in [-0.2, 0) is 0 Å². The summed E-state index contributed by atoms with van der Waals surface area (Å²) in [5, 5.41) is 2.24. The summed E-state index contributed by atoms with van der Waals surface area (Å²) in [6, 6.07) is 68.2. The summed E-state index contributed by atoms with van der Waals surface area (Å²) in [6.45, 7) is 0. The molecule has 1 heterocycles. The SMILES string of the molecule is c1ccc(-c2ccc(N(c3ccccc3)c3ccc(-c4ccc(-c5cccc6c5ccc5oc(-c7ccccc7)nc56)cc4)cc3)cc2)cc1. The number of anilines is 3. The molecule has 0 N–H and O–H groups in total. The van der Waals surface area contributed by atoms with Crippen molar-refractivity contribution in [2.75, 3.05) is 4.90 Å². The predicted molar refractivity (Wildman–Crippen MR) is 208 cm³/mol. The molecule has 0 aliphatic carbocycles. The highest BCUT2D eigenvalue weighted by molar-refractivity contribution is 6.09. The monoisotopic (exact) mass is 640 g/mol. The van der Waals surface area contributed by atoms with Gasteiger partial charge in [-0.3, -0.25) is 0 Å². The molecule has 0 atom stereocenters. The van der Waals surface area contributed by atoms with Crippen LogP contribution in [-0.4, -0.2) is 4.98 Å². The van der Waals surface area contributed by atoms with Gasteiger partial charge in [-0.05, 0) is 99.4 Å². The van der Waals surface area contributed by atoms with E-state index in [1.807, 2.05) is 36.4 Å². The van der Waals surface area contributed by atoms with Crippen LogP contribution in [0.15, 0.2) is 199 Å². The van der Waals surface area contributed by atoms with Crippen molar-refractivity contribution in [3.8, 4) is 44.8 Å². The van der Waals surface area contributed by atoms with E-state index < -0.39 is 0 Å². The third kappa shape index (κ3) is 5.51. The number of hydrogen-bond acceptors (Lipinski definition) is 3. The van der Waals surface area contributed by atoms with Crippen molar-refractivity contribution in [1.29, 1.82) is 0 Å². The lowest BCUT2D eigenvalue weighted by molar-refractivity contribution is 0.620. The molecule has 1 aromatic heterocycles. The lowest BCUT2D eigenvalue weighted by atomic mass is 9.95. The number of benzene rings is 8. The molecule has 0 spiro atoms. The molecule has 0 saturated heterocycles. The number of nitrogens with zero attached hydrogens (tertiary/aromatic N) is 2. The van der Waals surface area contributed by atoms with Crippen LogP contribution in [0.4, 0.5) is 17.1 Å². The summed E-state index contributed by atoms with van der Waals surface area (Å²) in [6.07, 6.45) is 0. The van der Waals surface area contributed by atoms with Crippen molar-refractivity contribution in [3.05, 3.63) is 194 Å². The van der Waals surface area contributed by atoms with Crippen LogP contribution < -0.4 is 4.90 Å². The standard InChI is InChI=1S/C47H32N2O/c1-4-11-33(12-5-1)35-23-27-40(28-24-35)49(39-15-8-3-9-16-39)41-29-25-36(26-30-41)34-19-21-37(22-20-34)42-17-10-18-44-43(42)31-32-45-46(44)48-47(50-45)38-13-6-2-7-14-38/h1-32H. The molecule has 0 unspecified atom stereocenters. The Balaban J connectivity index is 1.01. The number of para-hydroxylation sites is 1. The zero-order valence-corrected chi connectivity index (χ0v) is 27.3. The van der Waals surface area contributed by atoms with Gasteiger partial charge in [0, 0.05) is 28.0 Å². The van der Waals surface area contributed by atoms with Gasteiger partial charge in [-0.2, -0.15) is 0 Å². The highest BCUT2D eigenvalue weighted by Crippen LogP contribution is 2.38. The quantitative estimate of drug-likeness (QED) is 0.174. The van der Waals surface area contributed by atoms with E-state index in [0.717, 1.165) is 50.1 Å². The first-order valence-corrected chi connectivity index (χ1v) is 16.9. The van der Waals surface area contributed by atoms with Crippen molar-refractivity contribution in [2.24, 2.45) is 0 Å². The summed E-state index contributed by atoms with van der Waals surface area (Å²) >= 11 is 0. The smallest absolute Gasteiger partial charge is 0.227 e. The van der Waals surface area contributed by atoms with Crippen LogP contribution in [0.25, 0.3) is 66.7 Å². The fourth-order valence-electron chi connectivity index (χ4n) is 6.81. The van der Waals surface area contributed by atoms with Gasteiger partial charge in [-0.25, -0.2) is 4.98 Å². The number of fused-ring (bicyclic) bond motifs is 3. The van der Waals surface area contributed by atoms with E-state index in [0.29, 0.717) is 5.89 Å². The Labute approximate surface area is 291 Å². The van der Waals surface area contributed by atoms with Crippen LogP contribution >= 0.6 is 0 Å². The summed E-state index contributed by atoms with van der Waals surface area (Å²) in [5.41, 5.74) is 13.1. The Kier molecular flexibility index (Phi) is 7.49. The van der Waals surface area contributed by atoms with E-state index >= 15 is 0 Å². The van der Waals surface area contributed by atoms with Gasteiger partial charge in [0.05, 0.1) is 0 Å². The molecule has 0 aliphatic heterocycles. The maximum absolute atomic E-state index is 6.15. The number of hydrogen-bond donors (Lipinski definition) is 0. The van der Waals surface area contributed by atoms with Crippen molar-refractivity contribution in [3.63, 3.8) is 0 Å². The maximum Gasteiger partial charge on any atom is 0.227 e. The number of rotatable bonds is 7. The molecule has 0 fully saturated rings. The molecule has 3 heteroatoms. The highest BCUT2D eigenvalue weighted by Gasteiger charge is 2.15. The predicted octanol–water partition coefficient (Wildman–Crippen LogP) is 13.1. The molecule has 0 bridgehead atoms. The molecule has 0 aliphatic rings. The second-order valence-corrected chi connectivity index (χ2v) is 12.4. The lowest BCUT2D eigenvalue weighted by Gasteiger charge is -2.26. The Morgan fingerprint density at radius 2 is 0.820 bits per heavy atom. The van der Waals surface area contributed by atoms with Gasteiger partial charge >= 0.3 is 0 Å². The van der Waals surface area contributed by atoms with Crippen LogP contribution in [0.2, 0.25) is 0 Å². The second-order valence-electron chi connectivity index (χ2n) is 12.4. The van der Waals surface area contributed by atoms with Crippen molar-refractivity contribution >= 4 is 38.9 Å². The lowest BCUT2D eigenvalue weighted by Crippen LogP contribution is -2.09. The minimum absolute atomic E-state index is 0.640. The average molecular weight is 641 g/mol. The van der Waals surface area contributed by atoms with Crippen molar-refractivity contribution in [1.82, 2.24) is 4.98 Å². The van der Waals surface area contributed by atoms with Gasteiger partial charge in [-0.15, -0.1) is 0 Å². The largest absolute Gasteiger partial charge is 0.436 e. The normalized spacial score (nSPS) is 11.2. The Morgan fingerprint density at radius 1 is 0.340 bits per heavy atom. The van der Waals surface area contributed by atoms with Gasteiger partial charge in [-0.1, -0.05) is 133 Å². The molecule has 0 amide bonds. The number of oxazole rings is 1. The Morgan fingerprint density at radius 3 is 1.42 bits per heavy atom. The van der Waals surface area contributed by atoms with Crippen LogP contribution in [0, 0.1) is 0 Å². The average Bonchev–Trinajstić information content (AvgIpc) is 3.65. The molecule has 0 saturated carbocycles. The van der Waals surface area contributed by atoms with Gasteiger partial charge < -0.3 is 9.32 Å². The number of aromatic nitrogens is 1. The molecule has 0 radical (unpaired) electrons. The first-order chi connectivity index (χ1) is 24.8. The Bertz CT molecular complexity index is 2540. The molecule has 9 aromatic rings. The van der Waals surface area contributed by atoms with Crippen LogP contribution in [0.5, 0.6) is 0 Å². The second kappa shape index (κ2) is 12.7. The Hall–Kier alpha value is -6.71. The highest BCUT2D eigenvalue weighted by atomic mass is 16.3. The third-order valence-corrected chi connectivity index (χ3v) is 9.34. The first-order valence-electron chi connectivity index (χ1n) is 16.9. The molecular weight excluding hydrogens is 609 g/mol. The van der Waals surface area contributed by atoms with Gasteiger partial charge in [0.1, 0.15) is 5.52 Å². The van der Waals surface area contributed by atoms with E-state index in [2.05, 4.69) is 163 Å². The van der Waals surface area contributed by atoms with E-state index in [1.165, 1.54) is 27.8 Å². The van der Waals surface area contributed by atoms with Gasteiger partial charge in [0.2, 0.25) is 5.89 Å². The molecule has 8 aromatic carbocycles. The topological polar surface area (TPSA) is 29.3 Å². The van der Waals surface area contributed by atoms with E-state index in [-0.39, 0.29) is 0 Å². The maximum atomic E-state index is 6.15. The first kappa shape index (κ1) is 29.4. The zero-order chi connectivity index (χ0) is 33.3. The van der Waals surface area contributed by atoms with Crippen molar-refractivity contribution in [2.45, 2.75) is 0 Å². The molecule has 3 nitrogen and oxygen atoms in total. The molecule has 236 valence electrons. The van der Waals surface area contributed by atoms with Crippen LogP contribution in [0.3, 0.4) is 0 Å².